The molecule has 12 heteroatoms. The van der Waals surface area contributed by atoms with Gasteiger partial charge in [0.25, 0.3) is 0 Å². The van der Waals surface area contributed by atoms with Gasteiger partial charge in [-0.1, -0.05) is 19.9 Å². The molecule has 0 fully saturated rings. The highest BCUT2D eigenvalue weighted by molar-refractivity contribution is 5.75. The van der Waals surface area contributed by atoms with Crippen LogP contribution in [0.15, 0.2) is 18.2 Å². The predicted molar refractivity (Wildman–Crippen MR) is 126 cm³/mol. The minimum absolute atomic E-state index is 0.00441. The number of hydrogen-bond acceptors (Lipinski definition) is 11. The molecule has 202 valence electrons. The van der Waals surface area contributed by atoms with E-state index < -0.39 is 42.5 Å². The average Bonchev–Trinajstić information content (AvgIpc) is 2.78. The molecule has 4 atom stereocenters. The highest BCUT2D eigenvalue weighted by Crippen LogP contribution is 2.35. The summed E-state index contributed by atoms with van der Waals surface area (Å²) in [6, 6.07) is 2.64. The third kappa shape index (κ3) is 9.98. The lowest BCUT2D eigenvalue weighted by Crippen LogP contribution is -2.38. The normalized spacial score (nSPS) is 14.1. The molecule has 3 N–H and O–H groups in total. The topological polar surface area (TPSA) is 170 Å². The summed E-state index contributed by atoms with van der Waals surface area (Å²) in [4.78, 5) is 47.5. The van der Waals surface area contributed by atoms with Gasteiger partial charge in [0.2, 0.25) is 0 Å². The Morgan fingerprint density at radius 3 is 1.92 bits per heavy atom. The van der Waals surface area contributed by atoms with Crippen molar-refractivity contribution in [3.8, 4) is 11.5 Å². The van der Waals surface area contributed by atoms with E-state index in [0.717, 1.165) is 0 Å². The van der Waals surface area contributed by atoms with Crippen LogP contribution in [0.5, 0.6) is 11.5 Å². The van der Waals surface area contributed by atoms with E-state index in [2.05, 4.69) is 0 Å². The van der Waals surface area contributed by atoms with Gasteiger partial charge in [0.05, 0.1) is 13.2 Å². The van der Waals surface area contributed by atoms with Crippen LogP contribution in [-0.4, -0.2) is 61.0 Å². The summed E-state index contributed by atoms with van der Waals surface area (Å²) >= 11 is 0. The standard InChI is InChI=1S/C24H35NO11/c1-7-31-22(28)35-18-10-9-16(12-19(18)36-23(29)32-8-2)17(20(25)21(26)27)11-14(5)33-24(30)34-15(6)13(3)4/h9-10,12-15,17,20H,7-8,11,25H2,1-6H3,(H,26,27)/t14?,15?,17?,20-/m0/s1. The van der Waals surface area contributed by atoms with Crippen LogP contribution >= 0.6 is 0 Å². The molecule has 0 bridgehead atoms. The van der Waals surface area contributed by atoms with Crippen molar-refractivity contribution in [2.24, 2.45) is 11.7 Å². The highest BCUT2D eigenvalue weighted by atomic mass is 16.7. The summed E-state index contributed by atoms with van der Waals surface area (Å²) in [6.45, 7) is 10.3. The predicted octanol–water partition coefficient (Wildman–Crippen LogP) is 4.23. The number of carbonyl (C=O) groups is 4. The quantitative estimate of drug-likeness (QED) is 0.232. The molecule has 0 aliphatic rings. The van der Waals surface area contributed by atoms with Gasteiger partial charge in [-0.3, -0.25) is 4.79 Å². The van der Waals surface area contributed by atoms with Crippen LogP contribution < -0.4 is 15.2 Å². The molecule has 0 aromatic heterocycles. The molecule has 3 unspecified atom stereocenters. The van der Waals surface area contributed by atoms with Crippen molar-refractivity contribution >= 4 is 24.4 Å². The smallest absolute Gasteiger partial charge is 0.480 e. The Hall–Kier alpha value is -3.54. The maximum absolute atomic E-state index is 12.1. The molecule has 1 rings (SSSR count). The Kier molecular flexibility index (Phi) is 12.5. The van der Waals surface area contributed by atoms with E-state index in [1.54, 1.807) is 27.7 Å². The van der Waals surface area contributed by atoms with Crippen LogP contribution in [0.25, 0.3) is 0 Å². The molecular weight excluding hydrogens is 478 g/mol. The number of carboxylic acid groups (broad SMARTS) is 1. The molecule has 12 nitrogen and oxygen atoms in total. The number of ether oxygens (including phenoxy) is 6. The molecule has 0 saturated carbocycles. The van der Waals surface area contributed by atoms with E-state index in [-0.39, 0.29) is 43.2 Å². The van der Waals surface area contributed by atoms with E-state index in [4.69, 9.17) is 34.2 Å². The van der Waals surface area contributed by atoms with Gasteiger partial charge in [-0.25, -0.2) is 14.4 Å². The van der Waals surface area contributed by atoms with Crippen molar-refractivity contribution in [2.45, 2.75) is 72.1 Å². The maximum Gasteiger partial charge on any atom is 0.513 e. The van der Waals surface area contributed by atoms with Gasteiger partial charge in [-0.2, -0.15) is 0 Å². The molecule has 36 heavy (non-hydrogen) atoms. The van der Waals surface area contributed by atoms with E-state index in [9.17, 15) is 24.3 Å². The second-order valence-electron chi connectivity index (χ2n) is 8.23. The Bertz CT molecular complexity index is 902. The second-order valence-corrected chi connectivity index (χ2v) is 8.23. The van der Waals surface area contributed by atoms with Gasteiger partial charge in [-0.15, -0.1) is 0 Å². The van der Waals surface area contributed by atoms with Crippen LogP contribution in [0.2, 0.25) is 0 Å². The molecule has 1 aromatic carbocycles. The van der Waals surface area contributed by atoms with Crippen LogP contribution in [0.3, 0.4) is 0 Å². The number of carbonyl (C=O) groups excluding carboxylic acids is 3. The largest absolute Gasteiger partial charge is 0.513 e. The van der Waals surface area contributed by atoms with Gasteiger partial charge in [-0.05, 0) is 57.7 Å². The second kappa shape index (κ2) is 14.8. The molecule has 0 amide bonds. The molecule has 0 radical (unpaired) electrons. The minimum Gasteiger partial charge on any atom is -0.480 e. The monoisotopic (exact) mass is 513 g/mol. The molecule has 0 heterocycles. The third-order valence-electron chi connectivity index (χ3n) is 5.13. The number of aliphatic carboxylic acids is 1. The summed E-state index contributed by atoms with van der Waals surface area (Å²) in [5, 5.41) is 9.56. The lowest BCUT2D eigenvalue weighted by molar-refractivity contribution is -0.139. The number of carboxylic acids is 1. The lowest BCUT2D eigenvalue weighted by atomic mass is 9.87. The van der Waals surface area contributed by atoms with Crippen molar-refractivity contribution in [1.29, 1.82) is 0 Å². The minimum atomic E-state index is -1.41. The fourth-order valence-corrected chi connectivity index (χ4v) is 2.94. The number of benzene rings is 1. The first kappa shape index (κ1) is 30.5. The van der Waals surface area contributed by atoms with Crippen LogP contribution in [-0.2, 0) is 23.7 Å². The van der Waals surface area contributed by atoms with Crippen molar-refractivity contribution < 1.29 is 52.7 Å². The zero-order valence-corrected chi connectivity index (χ0v) is 21.3. The van der Waals surface area contributed by atoms with Gasteiger partial charge < -0.3 is 39.3 Å². The first-order chi connectivity index (χ1) is 16.9. The number of nitrogens with two attached hydrogens (primary N) is 1. The van der Waals surface area contributed by atoms with Crippen LogP contribution in [0.4, 0.5) is 14.4 Å². The summed E-state index contributed by atoms with van der Waals surface area (Å²) in [5.41, 5.74) is 6.26. The van der Waals surface area contributed by atoms with E-state index >= 15 is 0 Å². The maximum atomic E-state index is 12.1. The van der Waals surface area contributed by atoms with Gasteiger partial charge in [0.1, 0.15) is 18.2 Å². The highest BCUT2D eigenvalue weighted by Gasteiger charge is 2.30. The molecule has 0 aliphatic heterocycles. The Morgan fingerprint density at radius 1 is 0.861 bits per heavy atom. The SMILES string of the molecule is CCOC(=O)Oc1ccc(C(CC(C)OC(=O)OC(C)C(C)C)[C@H](N)C(=O)O)cc1OC(=O)OCC. The lowest BCUT2D eigenvalue weighted by Gasteiger charge is -2.26. The van der Waals surface area contributed by atoms with Gasteiger partial charge in [0, 0.05) is 5.92 Å². The van der Waals surface area contributed by atoms with Gasteiger partial charge in [0.15, 0.2) is 11.5 Å². The Morgan fingerprint density at radius 2 is 1.42 bits per heavy atom. The van der Waals surface area contributed by atoms with Gasteiger partial charge >= 0.3 is 24.4 Å². The summed E-state index contributed by atoms with van der Waals surface area (Å²) < 4.78 is 30.2. The van der Waals surface area contributed by atoms with Crippen LogP contribution in [0, 0.1) is 5.92 Å². The Balaban J connectivity index is 3.24. The molecular formula is C24H35NO11. The van der Waals surface area contributed by atoms with E-state index in [0.29, 0.717) is 5.56 Å². The van der Waals surface area contributed by atoms with E-state index in [1.165, 1.54) is 18.2 Å². The first-order valence-corrected chi connectivity index (χ1v) is 11.6. The molecule has 0 saturated heterocycles. The fraction of sp³-hybridized carbons (Fsp3) is 0.583. The third-order valence-corrected chi connectivity index (χ3v) is 5.13. The molecule has 1 aromatic rings. The zero-order chi connectivity index (χ0) is 27.4. The van der Waals surface area contributed by atoms with Crippen LogP contribution in [0.1, 0.15) is 59.4 Å². The van der Waals surface area contributed by atoms with Crippen molar-refractivity contribution in [3.05, 3.63) is 23.8 Å². The summed E-state index contributed by atoms with van der Waals surface area (Å²) in [7, 11) is 0. The summed E-state index contributed by atoms with van der Waals surface area (Å²) in [6.07, 6.45) is -4.16. The van der Waals surface area contributed by atoms with Crippen molar-refractivity contribution in [1.82, 2.24) is 0 Å². The molecule has 0 spiro atoms. The van der Waals surface area contributed by atoms with Crippen molar-refractivity contribution in [2.75, 3.05) is 13.2 Å². The molecule has 0 aliphatic carbocycles. The number of hydrogen-bond donors (Lipinski definition) is 2. The van der Waals surface area contributed by atoms with Crippen molar-refractivity contribution in [3.63, 3.8) is 0 Å². The number of rotatable bonds is 12. The zero-order valence-electron chi connectivity index (χ0n) is 21.3. The average molecular weight is 514 g/mol. The summed E-state index contributed by atoms with van der Waals surface area (Å²) in [5.74, 6) is -2.50. The Labute approximate surface area is 209 Å². The van der Waals surface area contributed by atoms with E-state index in [1.807, 2.05) is 13.8 Å². The first-order valence-electron chi connectivity index (χ1n) is 11.6. The fourth-order valence-electron chi connectivity index (χ4n) is 2.94.